The molecule has 0 aliphatic carbocycles. The molecule has 2 aromatic rings. The molecule has 0 N–H and O–H groups in total. The number of nitrogens with zero attached hydrogens (tertiary/aromatic N) is 3. The Morgan fingerprint density at radius 1 is 1.10 bits per heavy atom. The van der Waals surface area contributed by atoms with Crippen molar-refractivity contribution in [2.75, 3.05) is 33.3 Å². The first-order valence-corrected chi connectivity index (χ1v) is 10.6. The van der Waals surface area contributed by atoms with Crippen LogP contribution in [0.15, 0.2) is 59.5 Å². The molecule has 1 heterocycles. The van der Waals surface area contributed by atoms with Crippen molar-refractivity contribution in [3.8, 4) is 5.75 Å². The minimum atomic E-state index is -3.88. The van der Waals surface area contributed by atoms with Gasteiger partial charge in [-0.3, -0.25) is 14.9 Å². The first-order chi connectivity index (χ1) is 14.3. The summed E-state index contributed by atoms with van der Waals surface area (Å²) in [5, 5.41) is 10.9. The van der Waals surface area contributed by atoms with Crippen LogP contribution in [0, 0.1) is 10.1 Å². The lowest BCUT2D eigenvalue weighted by Crippen LogP contribution is -2.50. The lowest BCUT2D eigenvalue weighted by atomic mass is 10.2. The molecule has 1 fully saturated rings. The van der Waals surface area contributed by atoms with Gasteiger partial charge in [-0.05, 0) is 18.2 Å². The summed E-state index contributed by atoms with van der Waals surface area (Å²) < 4.78 is 32.1. The van der Waals surface area contributed by atoms with Crippen LogP contribution in [-0.4, -0.2) is 61.7 Å². The zero-order valence-electron chi connectivity index (χ0n) is 16.3. The molecule has 10 heteroatoms. The number of rotatable bonds is 6. The van der Waals surface area contributed by atoms with Gasteiger partial charge in [0.15, 0.2) is 0 Å². The number of para-hydroxylation sites is 1. The van der Waals surface area contributed by atoms with Crippen LogP contribution in [0.5, 0.6) is 5.75 Å². The number of ether oxygens (including phenoxy) is 1. The Kier molecular flexibility index (Phi) is 6.48. The van der Waals surface area contributed by atoms with Crippen molar-refractivity contribution in [2.45, 2.75) is 4.90 Å². The molecule has 0 saturated carbocycles. The molecule has 0 atom stereocenters. The van der Waals surface area contributed by atoms with Gasteiger partial charge in [0.1, 0.15) is 5.75 Å². The van der Waals surface area contributed by atoms with E-state index in [9.17, 15) is 23.3 Å². The summed E-state index contributed by atoms with van der Waals surface area (Å²) in [5.41, 5.74) is 0.478. The molecular weight excluding hydrogens is 410 g/mol. The van der Waals surface area contributed by atoms with E-state index in [1.54, 1.807) is 24.2 Å². The predicted octanol–water partition coefficient (Wildman–Crippen LogP) is 2.15. The first kappa shape index (κ1) is 21.5. The van der Waals surface area contributed by atoms with E-state index in [4.69, 9.17) is 4.74 Å². The maximum Gasteiger partial charge on any atom is 0.270 e. The SMILES string of the molecule is COc1ccccc1/C=C/C(=O)N1CCN(S(=O)(=O)c2cccc([N+](=O)[O-])c2)CC1. The molecule has 0 bridgehead atoms. The number of sulfonamides is 1. The van der Waals surface area contributed by atoms with Gasteiger partial charge >= 0.3 is 0 Å². The second kappa shape index (κ2) is 9.06. The van der Waals surface area contributed by atoms with Gasteiger partial charge in [-0.1, -0.05) is 24.3 Å². The maximum absolute atomic E-state index is 12.8. The topological polar surface area (TPSA) is 110 Å². The number of benzene rings is 2. The van der Waals surface area contributed by atoms with Gasteiger partial charge < -0.3 is 9.64 Å². The van der Waals surface area contributed by atoms with Gasteiger partial charge in [0.2, 0.25) is 15.9 Å². The average molecular weight is 431 g/mol. The highest BCUT2D eigenvalue weighted by Gasteiger charge is 2.30. The molecule has 1 aliphatic rings. The van der Waals surface area contributed by atoms with Crippen LogP contribution in [0.4, 0.5) is 5.69 Å². The smallest absolute Gasteiger partial charge is 0.270 e. The van der Waals surface area contributed by atoms with Crippen molar-refractivity contribution < 1.29 is 22.9 Å². The Bertz CT molecular complexity index is 1080. The van der Waals surface area contributed by atoms with E-state index in [-0.39, 0.29) is 42.7 Å². The number of nitro benzene ring substituents is 1. The number of carbonyl (C=O) groups is 1. The van der Waals surface area contributed by atoms with Crippen LogP contribution in [-0.2, 0) is 14.8 Å². The molecule has 0 aromatic heterocycles. The zero-order valence-corrected chi connectivity index (χ0v) is 17.1. The average Bonchev–Trinajstić information content (AvgIpc) is 2.77. The number of hydrogen-bond donors (Lipinski definition) is 0. The van der Waals surface area contributed by atoms with Crippen LogP contribution in [0.1, 0.15) is 5.56 Å². The van der Waals surface area contributed by atoms with Gasteiger partial charge in [-0.2, -0.15) is 4.31 Å². The van der Waals surface area contributed by atoms with Gasteiger partial charge in [0.05, 0.1) is 16.9 Å². The summed E-state index contributed by atoms with van der Waals surface area (Å²) >= 11 is 0. The highest BCUT2D eigenvalue weighted by atomic mass is 32.2. The molecule has 0 unspecified atom stereocenters. The molecule has 9 nitrogen and oxygen atoms in total. The molecule has 3 rings (SSSR count). The van der Waals surface area contributed by atoms with Crippen LogP contribution < -0.4 is 4.74 Å². The predicted molar refractivity (Wildman–Crippen MR) is 110 cm³/mol. The van der Waals surface area contributed by atoms with Crippen LogP contribution >= 0.6 is 0 Å². The van der Waals surface area contributed by atoms with Gasteiger partial charge in [-0.15, -0.1) is 0 Å². The summed E-state index contributed by atoms with van der Waals surface area (Å²) in [5.74, 6) is 0.419. The van der Waals surface area contributed by atoms with E-state index in [2.05, 4.69) is 0 Å². The molecule has 30 heavy (non-hydrogen) atoms. The number of nitro groups is 1. The zero-order chi connectivity index (χ0) is 21.7. The Morgan fingerprint density at radius 3 is 2.47 bits per heavy atom. The number of non-ortho nitro benzene ring substituents is 1. The van der Waals surface area contributed by atoms with Crippen molar-refractivity contribution in [3.63, 3.8) is 0 Å². The van der Waals surface area contributed by atoms with E-state index in [0.29, 0.717) is 5.75 Å². The van der Waals surface area contributed by atoms with Gasteiger partial charge in [0, 0.05) is 50.0 Å². The van der Waals surface area contributed by atoms with Crippen molar-refractivity contribution >= 4 is 27.7 Å². The summed E-state index contributed by atoms with van der Waals surface area (Å²) in [4.78, 5) is 24.2. The maximum atomic E-state index is 12.8. The summed E-state index contributed by atoms with van der Waals surface area (Å²) in [6, 6.07) is 12.2. The monoisotopic (exact) mass is 431 g/mol. The van der Waals surface area contributed by atoms with Crippen molar-refractivity contribution in [3.05, 3.63) is 70.3 Å². The Hall–Kier alpha value is -3.24. The van der Waals surface area contributed by atoms with Crippen molar-refractivity contribution in [1.82, 2.24) is 9.21 Å². The van der Waals surface area contributed by atoms with Crippen LogP contribution in [0.2, 0.25) is 0 Å². The van der Waals surface area contributed by atoms with E-state index < -0.39 is 14.9 Å². The molecule has 1 amide bonds. The quantitative estimate of drug-likeness (QED) is 0.394. The van der Waals surface area contributed by atoms with E-state index >= 15 is 0 Å². The molecule has 158 valence electrons. The second-order valence-electron chi connectivity index (χ2n) is 6.56. The van der Waals surface area contributed by atoms with Crippen LogP contribution in [0.25, 0.3) is 6.08 Å². The lowest BCUT2D eigenvalue weighted by molar-refractivity contribution is -0.385. The van der Waals surface area contributed by atoms with Crippen molar-refractivity contribution in [2.24, 2.45) is 0 Å². The Balaban J connectivity index is 1.65. The van der Waals surface area contributed by atoms with E-state index in [0.717, 1.165) is 11.6 Å². The third kappa shape index (κ3) is 4.66. The van der Waals surface area contributed by atoms with E-state index in [1.807, 2.05) is 18.2 Å². The third-order valence-corrected chi connectivity index (χ3v) is 6.66. The lowest BCUT2D eigenvalue weighted by Gasteiger charge is -2.33. The molecule has 1 saturated heterocycles. The summed E-state index contributed by atoms with van der Waals surface area (Å²) in [7, 11) is -2.32. The minimum Gasteiger partial charge on any atom is -0.496 e. The largest absolute Gasteiger partial charge is 0.496 e. The molecule has 1 aliphatic heterocycles. The standard InChI is InChI=1S/C20H21N3O6S/c1-29-19-8-3-2-5-16(19)9-10-20(24)21-11-13-22(14-12-21)30(27,28)18-7-4-6-17(15-18)23(25)26/h2-10,15H,11-14H2,1H3/b10-9+. The molecule has 2 aromatic carbocycles. The minimum absolute atomic E-state index is 0.110. The number of piperazine rings is 1. The molecule has 0 spiro atoms. The third-order valence-electron chi connectivity index (χ3n) is 4.76. The van der Waals surface area contributed by atoms with Gasteiger partial charge in [-0.25, -0.2) is 8.42 Å². The van der Waals surface area contributed by atoms with Gasteiger partial charge in [0.25, 0.3) is 5.69 Å². The number of methoxy groups -OCH3 is 1. The fourth-order valence-electron chi connectivity index (χ4n) is 3.13. The molecule has 0 radical (unpaired) electrons. The van der Waals surface area contributed by atoms with Crippen LogP contribution in [0.3, 0.4) is 0 Å². The fourth-order valence-corrected chi connectivity index (χ4v) is 4.59. The summed E-state index contributed by atoms with van der Waals surface area (Å²) in [6.07, 6.45) is 3.09. The second-order valence-corrected chi connectivity index (χ2v) is 8.50. The molecular formula is C20H21N3O6S. The Labute approximate surface area is 174 Å². The summed E-state index contributed by atoms with van der Waals surface area (Å²) in [6.45, 7) is 0.672. The highest BCUT2D eigenvalue weighted by Crippen LogP contribution is 2.22. The number of carbonyl (C=O) groups excluding carboxylic acids is 1. The number of hydrogen-bond acceptors (Lipinski definition) is 6. The highest BCUT2D eigenvalue weighted by molar-refractivity contribution is 7.89. The Morgan fingerprint density at radius 2 is 1.80 bits per heavy atom. The normalized spacial score (nSPS) is 15.3. The fraction of sp³-hybridized carbons (Fsp3) is 0.250. The van der Waals surface area contributed by atoms with Crippen molar-refractivity contribution in [1.29, 1.82) is 0 Å². The number of amides is 1. The first-order valence-electron chi connectivity index (χ1n) is 9.17. The van der Waals surface area contributed by atoms with E-state index in [1.165, 1.54) is 28.6 Å².